The van der Waals surface area contributed by atoms with Gasteiger partial charge in [-0.15, -0.1) is 5.10 Å². The zero-order valence-corrected chi connectivity index (χ0v) is 18.0. The van der Waals surface area contributed by atoms with Gasteiger partial charge in [0.1, 0.15) is 12.4 Å². The van der Waals surface area contributed by atoms with Gasteiger partial charge in [-0.2, -0.15) is 0 Å². The molecule has 9 heteroatoms. The van der Waals surface area contributed by atoms with Crippen LogP contribution < -0.4 is 22.5 Å². The maximum atomic E-state index is 6.01. The molecule has 0 aliphatic heterocycles. The molecule has 0 spiro atoms. The van der Waals surface area contributed by atoms with Gasteiger partial charge in [-0.05, 0) is 34.2 Å². The Bertz CT molecular complexity index is 834. The van der Waals surface area contributed by atoms with Crippen molar-refractivity contribution >= 4 is 27.7 Å². The number of thioether (sulfide) groups is 1. The zero-order valence-electron chi connectivity index (χ0n) is 14.8. The summed E-state index contributed by atoms with van der Waals surface area (Å²) in [5.41, 5.74) is 2.28. The largest absolute Gasteiger partial charge is 1.00 e. The molecule has 0 fully saturated rings. The number of hydrogen-bond acceptors (Lipinski definition) is 6. The standard InChI is InChI=1S/C18H20BrN5OS.ClH/c1-24-18(21-22-23-24)26-10-9-20-12-15-11-16(19)7-8-17(15)25-13-14-5-3-2-4-6-14;/h2-8,11,20H,9-10,12-13H2,1H3;1H/p-1. The molecular formula is C18H20BrClN5OS-. The van der Waals surface area contributed by atoms with Gasteiger partial charge >= 0.3 is 0 Å². The van der Waals surface area contributed by atoms with Crippen molar-refractivity contribution in [3.05, 3.63) is 64.1 Å². The maximum Gasteiger partial charge on any atom is 0.209 e. The number of benzene rings is 2. The highest BCUT2D eigenvalue weighted by atomic mass is 79.9. The molecule has 0 atom stereocenters. The van der Waals surface area contributed by atoms with Crippen molar-refractivity contribution in [2.75, 3.05) is 12.3 Å². The Hall–Kier alpha value is -1.61. The van der Waals surface area contributed by atoms with Crippen molar-refractivity contribution in [3.8, 4) is 5.75 Å². The van der Waals surface area contributed by atoms with Gasteiger partial charge in [0, 0.05) is 35.9 Å². The highest BCUT2D eigenvalue weighted by Crippen LogP contribution is 2.24. The molecule has 0 aliphatic carbocycles. The van der Waals surface area contributed by atoms with Crippen molar-refractivity contribution in [1.29, 1.82) is 0 Å². The highest BCUT2D eigenvalue weighted by molar-refractivity contribution is 9.10. The first-order valence-corrected chi connectivity index (χ1v) is 10.0. The number of ether oxygens (including phenoxy) is 1. The fourth-order valence-electron chi connectivity index (χ4n) is 2.34. The molecular weight excluding hydrogens is 450 g/mol. The summed E-state index contributed by atoms with van der Waals surface area (Å²) in [6, 6.07) is 16.3. The minimum Gasteiger partial charge on any atom is -1.00 e. The van der Waals surface area contributed by atoms with Gasteiger partial charge < -0.3 is 22.5 Å². The molecule has 0 radical (unpaired) electrons. The van der Waals surface area contributed by atoms with Gasteiger partial charge in [0.2, 0.25) is 5.16 Å². The van der Waals surface area contributed by atoms with E-state index in [9.17, 15) is 0 Å². The van der Waals surface area contributed by atoms with Gasteiger partial charge in [-0.1, -0.05) is 58.0 Å². The zero-order chi connectivity index (χ0) is 18.2. The van der Waals surface area contributed by atoms with Crippen LogP contribution in [0.15, 0.2) is 58.2 Å². The van der Waals surface area contributed by atoms with Crippen molar-refractivity contribution in [2.45, 2.75) is 18.3 Å². The average molecular weight is 470 g/mol. The lowest BCUT2D eigenvalue weighted by Gasteiger charge is -2.13. The number of halogens is 2. The second-order valence-electron chi connectivity index (χ2n) is 5.64. The molecule has 0 bridgehead atoms. The first kappa shape index (κ1) is 21.7. The minimum absolute atomic E-state index is 0. The van der Waals surface area contributed by atoms with Gasteiger partial charge in [0.25, 0.3) is 0 Å². The van der Waals surface area contributed by atoms with Crippen LogP contribution in [0, 0.1) is 0 Å². The van der Waals surface area contributed by atoms with E-state index >= 15 is 0 Å². The summed E-state index contributed by atoms with van der Waals surface area (Å²) < 4.78 is 8.73. The van der Waals surface area contributed by atoms with Crippen molar-refractivity contribution in [2.24, 2.45) is 7.05 Å². The molecule has 1 aromatic heterocycles. The van der Waals surface area contributed by atoms with Crippen molar-refractivity contribution < 1.29 is 17.1 Å². The molecule has 1 heterocycles. The molecule has 3 aromatic rings. The molecule has 0 amide bonds. The quantitative estimate of drug-likeness (QED) is 0.362. The summed E-state index contributed by atoms with van der Waals surface area (Å²) in [5, 5.41) is 15.7. The Morgan fingerprint density at radius 1 is 1.19 bits per heavy atom. The molecule has 0 saturated carbocycles. The Morgan fingerprint density at radius 3 is 2.74 bits per heavy atom. The second-order valence-corrected chi connectivity index (χ2v) is 7.61. The Morgan fingerprint density at radius 2 is 2.00 bits per heavy atom. The monoisotopic (exact) mass is 468 g/mol. The van der Waals surface area contributed by atoms with Gasteiger partial charge in [0.15, 0.2) is 0 Å². The molecule has 27 heavy (non-hydrogen) atoms. The summed E-state index contributed by atoms with van der Waals surface area (Å²) in [6.07, 6.45) is 0. The van der Waals surface area contributed by atoms with E-state index in [0.29, 0.717) is 6.61 Å². The first-order chi connectivity index (χ1) is 12.7. The fraction of sp³-hybridized carbons (Fsp3) is 0.278. The molecule has 0 unspecified atom stereocenters. The fourth-order valence-corrected chi connectivity index (χ4v) is 3.50. The molecule has 1 N–H and O–H groups in total. The predicted molar refractivity (Wildman–Crippen MR) is 106 cm³/mol. The Kier molecular flexibility index (Phi) is 9.06. The van der Waals surface area contributed by atoms with E-state index in [1.54, 1.807) is 16.4 Å². The van der Waals surface area contributed by atoms with E-state index in [4.69, 9.17) is 4.74 Å². The van der Waals surface area contributed by atoms with Crippen LogP contribution in [-0.4, -0.2) is 32.5 Å². The normalized spacial score (nSPS) is 10.4. The topological polar surface area (TPSA) is 64.9 Å². The third kappa shape index (κ3) is 6.80. The summed E-state index contributed by atoms with van der Waals surface area (Å²) in [7, 11) is 1.84. The van der Waals surface area contributed by atoms with Crippen LogP contribution in [0.4, 0.5) is 0 Å². The van der Waals surface area contributed by atoms with Gasteiger partial charge in [-0.25, -0.2) is 4.68 Å². The molecule has 3 rings (SSSR count). The molecule has 2 aromatic carbocycles. The van der Waals surface area contributed by atoms with Crippen LogP contribution in [0.5, 0.6) is 5.75 Å². The Labute approximate surface area is 177 Å². The van der Waals surface area contributed by atoms with Crippen LogP contribution in [-0.2, 0) is 20.2 Å². The molecule has 6 nitrogen and oxygen atoms in total. The average Bonchev–Trinajstić information content (AvgIpc) is 3.06. The van der Waals surface area contributed by atoms with Gasteiger partial charge in [-0.3, -0.25) is 0 Å². The minimum atomic E-state index is 0. The summed E-state index contributed by atoms with van der Waals surface area (Å²) in [6.45, 7) is 2.15. The van der Waals surface area contributed by atoms with Crippen LogP contribution in [0.25, 0.3) is 0 Å². The lowest BCUT2D eigenvalue weighted by molar-refractivity contribution is -0.00000570. The predicted octanol–water partition coefficient (Wildman–Crippen LogP) is 0.437. The second kappa shape index (κ2) is 11.3. The number of tetrazole rings is 1. The van der Waals surface area contributed by atoms with E-state index < -0.39 is 0 Å². The maximum absolute atomic E-state index is 6.01. The number of aryl methyl sites for hydroxylation is 1. The third-order valence-corrected chi connectivity index (χ3v) is 5.17. The molecule has 0 aliphatic rings. The number of nitrogens with zero attached hydrogens (tertiary/aromatic N) is 4. The SMILES string of the molecule is Cn1nnnc1SCCNCc1cc(Br)ccc1OCc1ccccc1.[Cl-]. The number of nitrogens with one attached hydrogen (secondary N) is 1. The molecule has 0 saturated heterocycles. The first-order valence-electron chi connectivity index (χ1n) is 8.23. The van der Waals surface area contributed by atoms with E-state index in [0.717, 1.165) is 45.3 Å². The number of hydrogen-bond donors (Lipinski definition) is 1. The van der Waals surface area contributed by atoms with Crippen LogP contribution in [0.3, 0.4) is 0 Å². The van der Waals surface area contributed by atoms with E-state index in [-0.39, 0.29) is 12.4 Å². The number of aromatic nitrogens is 4. The van der Waals surface area contributed by atoms with Gasteiger partial charge in [0.05, 0.1) is 0 Å². The Balaban J connectivity index is 0.00000261. The van der Waals surface area contributed by atoms with Crippen molar-refractivity contribution in [3.63, 3.8) is 0 Å². The lowest BCUT2D eigenvalue weighted by Crippen LogP contribution is -3.00. The van der Waals surface area contributed by atoms with Crippen molar-refractivity contribution in [1.82, 2.24) is 25.5 Å². The van der Waals surface area contributed by atoms with E-state index in [2.05, 4.69) is 55.0 Å². The van der Waals surface area contributed by atoms with E-state index in [1.807, 2.05) is 37.4 Å². The van der Waals surface area contributed by atoms with E-state index in [1.165, 1.54) is 0 Å². The van der Waals surface area contributed by atoms with Crippen LogP contribution in [0.1, 0.15) is 11.1 Å². The van der Waals surface area contributed by atoms with Crippen LogP contribution in [0.2, 0.25) is 0 Å². The smallest absolute Gasteiger partial charge is 0.209 e. The summed E-state index contributed by atoms with van der Waals surface area (Å²) >= 11 is 5.16. The summed E-state index contributed by atoms with van der Waals surface area (Å²) in [4.78, 5) is 0. The number of rotatable bonds is 9. The lowest BCUT2D eigenvalue weighted by atomic mass is 10.2. The van der Waals surface area contributed by atoms with Crippen LogP contribution >= 0.6 is 27.7 Å². The third-order valence-electron chi connectivity index (χ3n) is 3.67. The highest BCUT2D eigenvalue weighted by Gasteiger charge is 2.06. The molecule has 144 valence electrons. The summed E-state index contributed by atoms with van der Waals surface area (Å²) in [5.74, 6) is 1.79.